The van der Waals surface area contributed by atoms with Crippen LogP contribution in [0.1, 0.15) is 26.7 Å². The second kappa shape index (κ2) is 5.95. The molecule has 5 heteroatoms. The summed E-state index contributed by atoms with van der Waals surface area (Å²) in [6, 6.07) is 0. The van der Waals surface area contributed by atoms with Crippen molar-refractivity contribution in [2.75, 3.05) is 0 Å². The Morgan fingerprint density at radius 3 is 2.12 bits per heavy atom. The minimum absolute atomic E-state index is 0.176. The number of rotatable bonds is 3. The molecule has 16 heavy (non-hydrogen) atoms. The minimum Gasteiger partial charge on any atom is -0.483 e. The van der Waals surface area contributed by atoms with E-state index in [2.05, 4.69) is 6.58 Å². The molecule has 0 aliphatic carbocycles. The third kappa shape index (κ3) is 3.76. The molecule has 0 bridgehead atoms. The van der Waals surface area contributed by atoms with Gasteiger partial charge in [0.2, 0.25) is 5.60 Å². The van der Waals surface area contributed by atoms with Crippen molar-refractivity contribution in [1.29, 1.82) is 0 Å². The summed E-state index contributed by atoms with van der Waals surface area (Å²) in [5.74, 6) is -1.81. The van der Waals surface area contributed by atoms with Gasteiger partial charge in [-0.1, -0.05) is 13.5 Å². The minimum atomic E-state index is -0.958. The molecule has 0 amide bonds. The number of aliphatic carboxylic acids is 2. The first-order valence-corrected chi connectivity index (χ1v) is 4.80. The number of ether oxygens (including phenoxy) is 1. The van der Waals surface area contributed by atoms with Crippen LogP contribution in [0.3, 0.4) is 0 Å². The van der Waals surface area contributed by atoms with Crippen LogP contribution in [0.4, 0.5) is 0 Å². The molecule has 0 aromatic carbocycles. The van der Waals surface area contributed by atoms with Crippen LogP contribution in [0.25, 0.3) is 0 Å². The number of carbonyl (C=O) groups is 2. The summed E-state index contributed by atoms with van der Waals surface area (Å²) in [5, 5.41) is 16.6. The van der Waals surface area contributed by atoms with Crippen molar-refractivity contribution in [2.45, 2.75) is 32.3 Å². The summed E-state index contributed by atoms with van der Waals surface area (Å²) in [6.07, 6.45) is 4.18. The summed E-state index contributed by atoms with van der Waals surface area (Å²) < 4.78 is 4.97. The molecule has 2 N–H and O–H groups in total. The zero-order chi connectivity index (χ0) is 12.8. The topological polar surface area (TPSA) is 83.8 Å². The highest BCUT2D eigenvalue weighted by Crippen LogP contribution is 2.26. The van der Waals surface area contributed by atoms with Crippen LogP contribution in [0.15, 0.2) is 24.5 Å². The summed E-state index contributed by atoms with van der Waals surface area (Å²) in [4.78, 5) is 20.2. The molecule has 1 heterocycles. The molecule has 1 rings (SSSR count). The van der Waals surface area contributed by atoms with Gasteiger partial charge >= 0.3 is 11.9 Å². The Bertz CT molecular complexity index is 296. The second-order valence-corrected chi connectivity index (χ2v) is 3.43. The van der Waals surface area contributed by atoms with Crippen LogP contribution in [0.2, 0.25) is 0 Å². The van der Waals surface area contributed by atoms with Crippen molar-refractivity contribution >= 4 is 11.9 Å². The molecule has 5 nitrogen and oxygen atoms in total. The maximum atomic E-state index is 10.6. The van der Waals surface area contributed by atoms with Crippen LogP contribution in [0, 0.1) is 0 Å². The molecule has 0 spiro atoms. The van der Waals surface area contributed by atoms with E-state index in [9.17, 15) is 9.59 Å². The van der Waals surface area contributed by atoms with Crippen molar-refractivity contribution in [3.8, 4) is 0 Å². The molecule has 90 valence electrons. The Balaban J connectivity index is 0.000000325. The highest BCUT2D eigenvalue weighted by molar-refractivity contribution is 5.84. The second-order valence-electron chi connectivity index (χ2n) is 3.43. The maximum absolute atomic E-state index is 10.6. The van der Waals surface area contributed by atoms with Gasteiger partial charge in [0.15, 0.2) is 0 Å². The molecular formula is C11H16O5. The molecule has 0 saturated carbocycles. The van der Waals surface area contributed by atoms with E-state index in [0.717, 1.165) is 0 Å². The van der Waals surface area contributed by atoms with Gasteiger partial charge in [0.1, 0.15) is 0 Å². The van der Waals surface area contributed by atoms with Gasteiger partial charge in [0.05, 0.1) is 6.26 Å². The molecular weight excluding hydrogens is 212 g/mol. The monoisotopic (exact) mass is 228 g/mol. The lowest BCUT2D eigenvalue weighted by Crippen LogP contribution is -2.36. The fourth-order valence-corrected chi connectivity index (χ4v) is 0.982. The zero-order valence-electron chi connectivity index (χ0n) is 9.40. The van der Waals surface area contributed by atoms with Crippen LogP contribution < -0.4 is 0 Å². The van der Waals surface area contributed by atoms with Gasteiger partial charge in [0.25, 0.3) is 0 Å². The van der Waals surface area contributed by atoms with E-state index >= 15 is 0 Å². The van der Waals surface area contributed by atoms with Crippen molar-refractivity contribution < 1.29 is 24.5 Å². The quantitative estimate of drug-likeness (QED) is 0.719. The third-order valence-electron chi connectivity index (χ3n) is 2.16. The highest BCUT2D eigenvalue weighted by atomic mass is 16.5. The fourth-order valence-electron chi connectivity index (χ4n) is 0.982. The summed E-state index contributed by atoms with van der Waals surface area (Å²) in [6.45, 7) is 6.41. The first kappa shape index (κ1) is 14.2. The number of hydrogen-bond donors (Lipinski definition) is 2. The van der Waals surface area contributed by atoms with Gasteiger partial charge in [-0.3, -0.25) is 0 Å². The Morgan fingerprint density at radius 1 is 1.50 bits per heavy atom. The molecule has 1 aliphatic rings. The van der Waals surface area contributed by atoms with Crippen molar-refractivity contribution in [2.24, 2.45) is 0 Å². The molecule has 0 radical (unpaired) electrons. The molecule has 0 fully saturated rings. The molecule has 1 aliphatic heterocycles. The molecule has 0 aromatic rings. The third-order valence-corrected chi connectivity index (χ3v) is 2.16. The van der Waals surface area contributed by atoms with E-state index in [1.54, 1.807) is 13.0 Å². The van der Waals surface area contributed by atoms with E-state index in [1.807, 2.05) is 0 Å². The molecule has 0 saturated heterocycles. The maximum Gasteiger partial charge on any atom is 0.348 e. The highest BCUT2D eigenvalue weighted by Gasteiger charge is 2.39. The average Bonchev–Trinajstić information content (AvgIpc) is 2.67. The van der Waals surface area contributed by atoms with Crippen LogP contribution >= 0.6 is 0 Å². The Labute approximate surface area is 94.0 Å². The largest absolute Gasteiger partial charge is 0.483 e. The SMILES string of the molecule is C=C(C)C(=O)O.CCC1(C(=O)O)CC=CO1. The van der Waals surface area contributed by atoms with Gasteiger partial charge in [-0.2, -0.15) is 0 Å². The summed E-state index contributed by atoms with van der Waals surface area (Å²) in [7, 11) is 0. The number of carboxylic acids is 2. The lowest BCUT2D eigenvalue weighted by Gasteiger charge is -2.21. The van der Waals surface area contributed by atoms with E-state index in [0.29, 0.717) is 12.8 Å². The number of hydrogen-bond acceptors (Lipinski definition) is 3. The molecule has 1 unspecified atom stereocenters. The lowest BCUT2D eigenvalue weighted by atomic mass is 9.98. The van der Waals surface area contributed by atoms with Crippen LogP contribution in [-0.2, 0) is 14.3 Å². The van der Waals surface area contributed by atoms with Gasteiger partial charge in [-0.05, 0) is 19.4 Å². The van der Waals surface area contributed by atoms with Crippen LogP contribution in [0.5, 0.6) is 0 Å². The van der Waals surface area contributed by atoms with E-state index in [1.165, 1.54) is 13.2 Å². The van der Waals surface area contributed by atoms with Gasteiger partial charge < -0.3 is 14.9 Å². The average molecular weight is 228 g/mol. The van der Waals surface area contributed by atoms with E-state index in [-0.39, 0.29) is 5.57 Å². The lowest BCUT2D eigenvalue weighted by molar-refractivity contribution is -0.157. The normalized spacial score (nSPS) is 21.6. The summed E-state index contributed by atoms with van der Waals surface area (Å²) >= 11 is 0. The summed E-state index contributed by atoms with van der Waals surface area (Å²) in [5.41, 5.74) is -0.782. The smallest absolute Gasteiger partial charge is 0.348 e. The van der Waals surface area contributed by atoms with Crippen LogP contribution in [-0.4, -0.2) is 27.8 Å². The first-order chi connectivity index (χ1) is 7.35. The zero-order valence-corrected chi connectivity index (χ0v) is 9.40. The molecule has 1 atom stereocenters. The predicted octanol–water partition coefficient (Wildman–Crippen LogP) is 1.80. The molecule has 0 aromatic heterocycles. The Morgan fingerprint density at radius 2 is 2.00 bits per heavy atom. The van der Waals surface area contributed by atoms with Gasteiger partial charge in [0, 0.05) is 12.0 Å². The van der Waals surface area contributed by atoms with E-state index in [4.69, 9.17) is 14.9 Å². The fraction of sp³-hybridized carbons (Fsp3) is 0.455. The number of carboxylic acid groups (broad SMARTS) is 2. The van der Waals surface area contributed by atoms with Crippen molar-refractivity contribution in [1.82, 2.24) is 0 Å². The van der Waals surface area contributed by atoms with Gasteiger partial charge in [-0.15, -0.1) is 0 Å². The Kier molecular flexibility index (Phi) is 5.29. The standard InChI is InChI=1S/C7H10O3.C4H6O2/c1-2-7(6(8)9)4-3-5-10-7;1-3(2)4(5)6/h3,5H,2,4H2,1H3,(H,8,9);1H2,2H3,(H,5,6). The van der Waals surface area contributed by atoms with Gasteiger partial charge in [-0.25, -0.2) is 9.59 Å². The van der Waals surface area contributed by atoms with Crippen molar-refractivity contribution in [3.63, 3.8) is 0 Å². The van der Waals surface area contributed by atoms with Crippen molar-refractivity contribution in [3.05, 3.63) is 24.5 Å². The predicted molar refractivity (Wildman–Crippen MR) is 57.9 cm³/mol. The Hall–Kier alpha value is -1.78. The first-order valence-electron chi connectivity index (χ1n) is 4.80. The van der Waals surface area contributed by atoms with E-state index < -0.39 is 17.5 Å².